The van der Waals surface area contributed by atoms with Gasteiger partial charge in [0.2, 0.25) is 11.8 Å². The van der Waals surface area contributed by atoms with Crippen molar-refractivity contribution >= 4 is 29.5 Å². The third-order valence-electron chi connectivity index (χ3n) is 7.24. The van der Waals surface area contributed by atoms with E-state index >= 15 is 0 Å². The Morgan fingerprint density at radius 3 is 2.29 bits per heavy atom. The van der Waals surface area contributed by atoms with E-state index in [1.54, 1.807) is 19.1 Å². The van der Waals surface area contributed by atoms with Gasteiger partial charge in [-0.25, -0.2) is 24.5 Å². The van der Waals surface area contributed by atoms with Gasteiger partial charge in [-0.3, -0.25) is 10.2 Å². The van der Waals surface area contributed by atoms with E-state index in [1.807, 2.05) is 6.92 Å². The predicted octanol–water partition coefficient (Wildman–Crippen LogP) is 6.35. The lowest BCUT2D eigenvalue weighted by Crippen LogP contribution is -2.46. The fourth-order valence-corrected chi connectivity index (χ4v) is 5.11. The molecule has 18 heteroatoms. The zero-order valence-electron chi connectivity index (χ0n) is 25.9. The molecule has 2 amide bonds. The van der Waals surface area contributed by atoms with E-state index in [-0.39, 0.29) is 55.0 Å². The van der Waals surface area contributed by atoms with Crippen LogP contribution in [0.4, 0.5) is 53.3 Å². The summed E-state index contributed by atoms with van der Waals surface area (Å²) in [7, 11) is 1.41. The van der Waals surface area contributed by atoms with E-state index in [9.17, 15) is 35.9 Å². The first-order chi connectivity index (χ1) is 22.7. The van der Waals surface area contributed by atoms with E-state index in [0.29, 0.717) is 29.9 Å². The molecule has 0 unspecified atom stereocenters. The van der Waals surface area contributed by atoms with Gasteiger partial charge in [0.1, 0.15) is 6.61 Å². The summed E-state index contributed by atoms with van der Waals surface area (Å²) in [5, 5.41) is 14.4. The Morgan fingerprint density at radius 2 is 1.71 bits per heavy atom. The average Bonchev–Trinajstić information content (AvgIpc) is 3.03. The lowest BCUT2D eigenvalue weighted by molar-refractivity contribution is -0.143. The SMILES string of the molecule is CCOC(=O)N1c2ccc(OC)nc2[C@@H](Nc2ncc(NC(=O)OCCO)c(Cc3cc(C(F)(F)F)cc(C(F)(F)F)c3)n2)C[C@H]1CC. The first kappa shape index (κ1) is 36.0. The lowest BCUT2D eigenvalue weighted by atomic mass is 9.93. The van der Waals surface area contributed by atoms with Gasteiger partial charge in [-0.1, -0.05) is 6.92 Å². The molecule has 0 aliphatic carbocycles. The van der Waals surface area contributed by atoms with Crippen LogP contribution < -0.4 is 20.3 Å². The topological polar surface area (TPSA) is 148 Å². The van der Waals surface area contributed by atoms with Crippen LogP contribution in [0.25, 0.3) is 0 Å². The number of nitrogens with zero attached hydrogens (tertiary/aromatic N) is 4. The van der Waals surface area contributed by atoms with E-state index in [4.69, 9.17) is 19.3 Å². The number of ether oxygens (including phenoxy) is 3. The molecule has 0 saturated heterocycles. The molecule has 3 heterocycles. The molecule has 0 saturated carbocycles. The molecule has 0 fully saturated rings. The number of alkyl halides is 6. The smallest absolute Gasteiger partial charge is 0.416 e. The Balaban J connectivity index is 1.77. The second-order valence-corrected chi connectivity index (χ2v) is 10.5. The number of hydrogen-bond acceptors (Lipinski definition) is 10. The van der Waals surface area contributed by atoms with Gasteiger partial charge in [0.05, 0.1) is 66.5 Å². The molecular weight excluding hydrogens is 654 g/mol. The fraction of sp³-hybridized carbons (Fsp3) is 0.433. The molecule has 260 valence electrons. The zero-order valence-corrected chi connectivity index (χ0v) is 25.9. The Hall–Kier alpha value is -4.87. The molecule has 0 spiro atoms. The van der Waals surface area contributed by atoms with Crippen LogP contribution in [-0.2, 0) is 28.2 Å². The van der Waals surface area contributed by atoms with Crippen LogP contribution in [0.5, 0.6) is 5.88 Å². The third-order valence-corrected chi connectivity index (χ3v) is 7.24. The van der Waals surface area contributed by atoms with Gasteiger partial charge in [0.25, 0.3) is 0 Å². The van der Waals surface area contributed by atoms with Crippen LogP contribution in [0.3, 0.4) is 0 Å². The highest BCUT2D eigenvalue weighted by Gasteiger charge is 2.39. The fourth-order valence-electron chi connectivity index (χ4n) is 5.11. The van der Waals surface area contributed by atoms with Gasteiger partial charge in [-0.15, -0.1) is 0 Å². The van der Waals surface area contributed by atoms with E-state index in [0.717, 1.165) is 6.20 Å². The molecule has 0 bridgehead atoms. The molecule has 0 radical (unpaired) electrons. The Morgan fingerprint density at radius 1 is 1.02 bits per heavy atom. The van der Waals surface area contributed by atoms with Gasteiger partial charge < -0.3 is 24.6 Å². The van der Waals surface area contributed by atoms with Crippen LogP contribution in [0.15, 0.2) is 36.5 Å². The second kappa shape index (κ2) is 14.9. The lowest BCUT2D eigenvalue weighted by Gasteiger charge is -2.39. The largest absolute Gasteiger partial charge is 0.481 e. The summed E-state index contributed by atoms with van der Waals surface area (Å²) in [5.74, 6) is 0.120. The minimum Gasteiger partial charge on any atom is -0.481 e. The van der Waals surface area contributed by atoms with Gasteiger partial charge in [-0.2, -0.15) is 26.3 Å². The molecule has 1 aliphatic heterocycles. The van der Waals surface area contributed by atoms with E-state index in [1.165, 1.54) is 12.0 Å². The predicted molar refractivity (Wildman–Crippen MR) is 159 cm³/mol. The van der Waals surface area contributed by atoms with Gasteiger partial charge in [0.15, 0.2) is 0 Å². The first-order valence-electron chi connectivity index (χ1n) is 14.6. The number of aliphatic hydroxyl groups excluding tert-OH is 1. The Bertz CT molecular complexity index is 1590. The number of amides is 2. The van der Waals surface area contributed by atoms with Crippen LogP contribution in [0, 0.1) is 0 Å². The highest BCUT2D eigenvalue weighted by Crippen LogP contribution is 2.41. The number of hydrogen-bond donors (Lipinski definition) is 3. The number of carbonyl (C=O) groups excluding carboxylic acids is 2. The van der Waals surface area contributed by atoms with Crippen molar-refractivity contribution in [2.75, 3.05) is 42.5 Å². The maximum Gasteiger partial charge on any atom is 0.416 e. The molecule has 4 rings (SSSR count). The average molecular weight is 687 g/mol. The van der Waals surface area contributed by atoms with Crippen LogP contribution in [-0.4, -0.2) is 65.2 Å². The molecular formula is C30H32F6N6O6. The number of benzene rings is 1. The summed E-state index contributed by atoms with van der Waals surface area (Å²) < 4.78 is 96.8. The maximum absolute atomic E-state index is 13.6. The normalized spacial score (nSPS) is 16.2. The summed E-state index contributed by atoms with van der Waals surface area (Å²) in [6.45, 7) is 2.78. The first-order valence-corrected chi connectivity index (χ1v) is 14.6. The number of aromatic nitrogens is 3. The third kappa shape index (κ3) is 8.53. The zero-order chi connectivity index (χ0) is 35.2. The number of pyridine rings is 1. The number of methoxy groups -OCH3 is 1. The molecule has 1 aliphatic rings. The van der Waals surface area contributed by atoms with Gasteiger partial charge in [0, 0.05) is 18.5 Å². The van der Waals surface area contributed by atoms with Crippen molar-refractivity contribution in [2.45, 2.75) is 57.5 Å². The van der Waals surface area contributed by atoms with Crippen LogP contribution >= 0.6 is 0 Å². The van der Waals surface area contributed by atoms with E-state index in [2.05, 4.69) is 25.6 Å². The summed E-state index contributed by atoms with van der Waals surface area (Å²) in [6, 6.07) is 3.29. The highest BCUT2D eigenvalue weighted by atomic mass is 19.4. The number of carbonyl (C=O) groups is 2. The summed E-state index contributed by atoms with van der Waals surface area (Å²) >= 11 is 0. The standard InChI is InChI=1S/C30H32F6N6O6/c1-4-19-14-21(25-23(6-7-24(41-25)46-3)42(19)28(45)47-5-2)39-26-37-15-22(40-27(44)48-9-8-43)20(38-26)12-16-10-17(29(31,32)33)13-18(11-16)30(34,35)36/h6-7,10-11,13,15,19,21,43H,4-5,8-9,12,14H2,1-3H3,(H,40,44)(H,37,38,39)/t19-,21+/m1/s1. The van der Waals surface area contributed by atoms with Crippen molar-refractivity contribution in [3.05, 3.63) is 64.6 Å². The highest BCUT2D eigenvalue weighted by molar-refractivity contribution is 5.90. The quantitative estimate of drug-likeness (QED) is 0.206. The Labute approximate surface area is 270 Å². The second-order valence-electron chi connectivity index (χ2n) is 10.5. The summed E-state index contributed by atoms with van der Waals surface area (Å²) in [4.78, 5) is 39.8. The monoisotopic (exact) mass is 686 g/mol. The summed E-state index contributed by atoms with van der Waals surface area (Å²) in [5.41, 5.74) is -2.99. The number of fused-ring (bicyclic) bond motifs is 1. The Kier molecular flexibility index (Phi) is 11.2. The van der Waals surface area contributed by atoms with Crippen molar-refractivity contribution < 1.29 is 55.2 Å². The summed E-state index contributed by atoms with van der Waals surface area (Å²) in [6.07, 6.45) is -10.5. The number of rotatable bonds is 10. The van der Waals surface area contributed by atoms with Gasteiger partial charge in [-0.05, 0) is 49.6 Å². The molecule has 2 aromatic heterocycles. The van der Waals surface area contributed by atoms with Crippen molar-refractivity contribution in [1.82, 2.24) is 15.0 Å². The number of nitrogens with one attached hydrogen (secondary N) is 2. The van der Waals surface area contributed by atoms with Crippen LogP contribution in [0.2, 0.25) is 0 Å². The van der Waals surface area contributed by atoms with Crippen molar-refractivity contribution in [3.8, 4) is 5.88 Å². The molecule has 3 aromatic rings. The number of halogens is 6. The van der Waals surface area contributed by atoms with E-state index < -0.39 is 60.3 Å². The molecule has 12 nitrogen and oxygen atoms in total. The number of anilines is 3. The molecule has 3 N–H and O–H groups in total. The molecule has 1 aromatic carbocycles. The minimum absolute atomic E-state index is 0.00735. The maximum atomic E-state index is 13.6. The van der Waals surface area contributed by atoms with Crippen LogP contribution in [0.1, 0.15) is 60.8 Å². The minimum atomic E-state index is -5.08. The van der Waals surface area contributed by atoms with Gasteiger partial charge >= 0.3 is 24.5 Å². The van der Waals surface area contributed by atoms with Crippen molar-refractivity contribution in [3.63, 3.8) is 0 Å². The molecule has 2 atom stereocenters. The van der Waals surface area contributed by atoms with Crippen molar-refractivity contribution in [2.24, 2.45) is 0 Å². The van der Waals surface area contributed by atoms with Crippen molar-refractivity contribution in [1.29, 1.82) is 0 Å². The number of aliphatic hydroxyl groups is 1. The molecule has 48 heavy (non-hydrogen) atoms.